The predicted octanol–water partition coefficient (Wildman–Crippen LogP) is 3.47. The highest BCUT2D eigenvalue weighted by Gasteiger charge is 2.09. The molecule has 138 valence electrons. The average Bonchev–Trinajstić information content (AvgIpc) is 2.67. The summed E-state index contributed by atoms with van der Waals surface area (Å²) >= 11 is 0. The van der Waals surface area contributed by atoms with Crippen molar-refractivity contribution in [3.8, 4) is 5.75 Å². The molecule has 0 aliphatic heterocycles. The van der Waals surface area contributed by atoms with Gasteiger partial charge in [0.1, 0.15) is 11.9 Å². The van der Waals surface area contributed by atoms with Crippen LogP contribution in [0, 0.1) is 0 Å². The molecule has 0 heterocycles. The molecular weight excluding hydrogens is 328 g/mol. The van der Waals surface area contributed by atoms with E-state index in [1.807, 2.05) is 44.2 Å². The molecule has 0 spiro atoms. The van der Waals surface area contributed by atoms with Crippen LogP contribution in [-0.2, 0) is 4.79 Å². The molecule has 0 bridgehead atoms. The summed E-state index contributed by atoms with van der Waals surface area (Å²) in [7, 11) is 0. The Hall–Kier alpha value is -2.82. The standard InChI is InChI=1S/C21H26N2O3/c1-3-14-22-20(24)13-15-23-21(25)18-9-11-19(12-10-18)26-16(2)17-7-5-4-6-8-17/h4-12,16H,3,13-15H2,1-2H3,(H,22,24)(H,23,25). The van der Waals surface area contributed by atoms with Crippen LogP contribution in [0.2, 0.25) is 0 Å². The van der Waals surface area contributed by atoms with Crippen LogP contribution < -0.4 is 15.4 Å². The zero-order valence-electron chi connectivity index (χ0n) is 15.3. The van der Waals surface area contributed by atoms with Crippen LogP contribution in [0.1, 0.15) is 48.7 Å². The molecule has 1 atom stereocenters. The van der Waals surface area contributed by atoms with Gasteiger partial charge >= 0.3 is 0 Å². The first kappa shape index (κ1) is 19.5. The van der Waals surface area contributed by atoms with Crippen molar-refractivity contribution in [1.82, 2.24) is 10.6 Å². The highest BCUT2D eigenvalue weighted by molar-refractivity contribution is 5.94. The first-order valence-corrected chi connectivity index (χ1v) is 8.96. The first-order valence-electron chi connectivity index (χ1n) is 8.96. The summed E-state index contributed by atoms with van der Waals surface area (Å²) in [6.45, 7) is 4.96. The van der Waals surface area contributed by atoms with E-state index in [1.165, 1.54) is 0 Å². The van der Waals surface area contributed by atoms with E-state index in [4.69, 9.17) is 4.74 Å². The quantitative estimate of drug-likeness (QED) is 0.724. The lowest BCUT2D eigenvalue weighted by atomic mass is 10.1. The number of hydrogen-bond acceptors (Lipinski definition) is 3. The third-order valence-corrected chi connectivity index (χ3v) is 3.91. The Morgan fingerprint density at radius 3 is 2.31 bits per heavy atom. The van der Waals surface area contributed by atoms with Gasteiger partial charge in [0.25, 0.3) is 5.91 Å². The van der Waals surface area contributed by atoms with Gasteiger partial charge in [-0.25, -0.2) is 0 Å². The molecule has 26 heavy (non-hydrogen) atoms. The van der Waals surface area contributed by atoms with Crippen molar-refractivity contribution in [2.24, 2.45) is 0 Å². The zero-order valence-corrected chi connectivity index (χ0v) is 15.3. The maximum absolute atomic E-state index is 12.1. The number of carbonyl (C=O) groups excluding carboxylic acids is 2. The Kier molecular flexibility index (Phi) is 7.68. The maximum Gasteiger partial charge on any atom is 0.251 e. The van der Waals surface area contributed by atoms with E-state index in [2.05, 4.69) is 10.6 Å². The summed E-state index contributed by atoms with van der Waals surface area (Å²) in [6.07, 6.45) is 1.11. The van der Waals surface area contributed by atoms with Gasteiger partial charge in [-0.05, 0) is 43.2 Å². The van der Waals surface area contributed by atoms with Crippen molar-refractivity contribution in [3.05, 3.63) is 65.7 Å². The molecule has 0 aromatic heterocycles. The molecule has 0 radical (unpaired) electrons. The summed E-state index contributed by atoms with van der Waals surface area (Å²) in [5.41, 5.74) is 1.63. The number of carbonyl (C=O) groups is 2. The topological polar surface area (TPSA) is 67.4 Å². The SMILES string of the molecule is CCCNC(=O)CCNC(=O)c1ccc(OC(C)c2ccccc2)cc1. The second-order valence-electron chi connectivity index (χ2n) is 6.05. The van der Waals surface area contributed by atoms with Crippen molar-refractivity contribution in [2.75, 3.05) is 13.1 Å². The molecule has 0 saturated carbocycles. The fraction of sp³-hybridized carbons (Fsp3) is 0.333. The summed E-state index contributed by atoms with van der Waals surface area (Å²) < 4.78 is 5.90. The minimum Gasteiger partial charge on any atom is -0.486 e. The van der Waals surface area contributed by atoms with Gasteiger partial charge in [-0.1, -0.05) is 37.3 Å². The number of ether oxygens (including phenoxy) is 1. The zero-order chi connectivity index (χ0) is 18.8. The molecule has 2 N–H and O–H groups in total. The molecule has 0 aliphatic rings. The van der Waals surface area contributed by atoms with Crippen LogP contribution in [0.5, 0.6) is 5.75 Å². The molecule has 0 fully saturated rings. The van der Waals surface area contributed by atoms with E-state index >= 15 is 0 Å². The van der Waals surface area contributed by atoms with E-state index in [0.717, 1.165) is 12.0 Å². The first-order chi connectivity index (χ1) is 12.6. The molecule has 5 heteroatoms. The van der Waals surface area contributed by atoms with Gasteiger partial charge in [-0.3, -0.25) is 9.59 Å². The highest BCUT2D eigenvalue weighted by atomic mass is 16.5. The molecule has 2 amide bonds. The Morgan fingerprint density at radius 1 is 0.962 bits per heavy atom. The molecule has 2 rings (SSSR count). The van der Waals surface area contributed by atoms with E-state index in [-0.39, 0.29) is 24.3 Å². The molecule has 1 unspecified atom stereocenters. The van der Waals surface area contributed by atoms with Crippen molar-refractivity contribution in [2.45, 2.75) is 32.8 Å². The fourth-order valence-corrected chi connectivity index (χ4v) is 2.43. The Bertz CT molecular complexity index is 699. The normalized spacial score (nSPS) is 11.5. The fourth-order valence-electron chi connectivity index (χ4n) is 2.43. The minimum atomic E-state index is -0.198. The van der Waals surface area contributed by atoms with Crippen molar-refractivity contribution in [3.63, 3.8) is 0 Å². The van der Waals surface area contributed by atoms with Gasteiger partial charge < -0.3 is 15.4 Å². The number of benzene rings is 2. The largest absolute Gasteiger partial charge is 0.486 e. The molecular formula is C21H26N2O3. The van der Waals surface area contributed by atoms with Gasteiger partial charge in [-0.2, -0.15) is 0 Å². The Morgan fingerprint density at radius 2 is 1.65 bits per heavy atom. The van der Waals surface area contributed by atoms with Gasteiger partial charge in [0.2, 0.25) is 5.91 Å². The van der Waals surface area contributed by atoms with Crippen LogP contribution in [0.4, 0.5) is 0 Å². The summed E-state index contributed by atoms with van der Waals surface area (Å²) in [6, 6.07) is 17.0. The summed E-state index contributed by atoms with van der Waals surface area (Å²) in [4.78, 5) is 23.6. The van der Waals surface area contributed by atoms with Gasteiger partial charge in [-0.15, -0.1) is 0 Å². The van der Waals surface area contributed by atoms with Gasteiger partial charge in [0.15, 0.2) is 0 Å². The molecule has 5 nitrogen and oxygen atoms in total. The summed E-state index contributed by atoms with van der Waals surface area (Å²) in [5, 5.41) is 5.53. The third kappa shape index (κ3) is 6.24. The van der Waals surface area contributed by atoms with E-state index < -0.39 is 0 Å². The minimum absolute atomic E-state index is 0.0502. The Labute approximate surface area is 154 Å². The van der Waals surface area contributed by atoms with Crippen LogP contribution in [0.15, 0.2) is 54.6 Å². The van der Waals surface area contributed by atoms with Crippen LogP contribution in [0.25, 0.3) is 0 Å². The van der Waals surface area contributed by atoms with Crippen molar-refractivity contribution < 1.29 is 14.3 Å². The smallest absolute Gasteiger partial charge is 0.251 e. The van der Waals surface area contributed by atoms with Crippen molar-refractivity contribution in [1.29, 1.82) is 0 Å². The monoisotopic (exact) mass is 354 g/mol. The Balaban J connectivity index is 1.81. The molecule has 2 aromatic carbocycles. The lowest BCUT2D eigenvalue weighted by Crippen LogP contribution is -2.31. The number of rotatable bonds is 9. The second kappa shape index (κ2) is 10.2. The summed E-state index contributed by atoms with van der Waals surface area (Å²) in [5.74, 6) is 0.457. The van der Waals surface area contributed by atoms with Crippen LogP contribution in [-0.4, -0.2) is 24.9 Å². The third-order valence-electron chi connectivity index (χ3n) is 3.91. The number of hydrogen-bond donors (Lipinski definition) is 2. The molecule has 0 saturated heterocycles. The van der Waals surface area contributed by atoms with Gasteiger partial charge in [0.05, 0.1) is 0 Å². The van der Waals surface area contributed by atoms with E-state index in [9.17, 15) is 9.59 Å². The number of nitrogens with one attached hydrogen (secondary N) is 2. The van der Waals surface area contributed by atoms with Crippen LogP contribution >= 0.6 is 0 Å². The highest BCUT2D eigenvalue weighted by Crippen LogP contribution is 2.21. The molecule has 2 aromatic rings. The molecule has 0 aliphatic carbocycles. The average molecular weight is 354 g/mol. The van der Waals surface area contributed by atoms with Gasteiger partial charge in [0, 0.05) is 25.1 Å². The lowest BCUT2D eigenvalue weighted by molar-refractivity contribution is -0.120. The van der Waals surface area contributed by atoms with E-state index in [0.29, 0.717) is 24.4 Å². The van der Waals surface area contributed by atoms with Crippen LogP contribution in [0.3, 0.4) is 0 Å². The number of amides is 2. The maximum atomic E-state index is 12.1. The van der Waals surface area contributed by atoms with Crippen molar-refractivity contribution >= 4 is 11.8 Å². The van der Waals surface area contributed by atoms with E-state index in [1.54, 1.807) is 24.3 Å². The second-order valence-corrected chi connectivity index (χ2v) is 6.05. The lowest BCUT2D eigenvalue weighted by Gasteiger charge is -2.15. The predicted molar refractivity (Wildman–Crippen MR) is 102 cm³/mol.